The highest BCUT2D eigenvalue weighted by atomic mass is 79.9. The lowest BCUT2D eigenvalue weighted by Crippen LogP contribution is -2.47. The maximum atomic E-state index is 5.87. The molecule has 1 aliphatic rings. The summed E-state index contributed by atoms with van der Waals surface area (Å²) in [7, 11) is 0. The van der Waals surface area contributed by atoms with Gasteiger partial charge in [-0.3, -0.25) is 0 Å². The molecule has 0 aromatic carbocycles. The summed E-state index contributed by atoms with van der Waals surface area (Å²) in [4.78, 5) is 6.91. The van der Waals surface area contributed by atoms with Crippen LogP contribution < -0.4 is 4.90 Å². The number of aromatic nitrogens is 1. The van der Waals surface area contributed by atoms with Gasteiger partial charge in [0, 0.05) is 34.7 Å². The number of morpholine rings is 1. The first-order valence-corrected chi connectivity index (χ1v) is 8.06. The second kappa shape index (κ2) is 5.15. The van der Waals surface area contributed by atoms with Crippen LogP contribution in [0.4, 0.5) is 5.82 Å². The monoisotopic (exact) mass is 326 g/mol. The first-order valence-electron chi connectivity index (χ1n) is 6.06. The first kappa shape index (κ1) is 12.4. The number of pyridine rings is 1. The molecular formula is C13H15BrN2OS. The third kappa shape index (κ3) is 2.27. The van der Waals surface area contributed by atoms with Crippen molar-refractivity contribution in [2.45, 2.75) is 19.1 Å². The van der Waals surface area contributed by atoms with Gasteiger partial charge in [0.05, 0.1) is 12.2 Å². The molecule has 0 aliphatic carbocycles. The molecule has 3 heterocycles. The Morgan fingerprint density at radius 2 is 2.39 bits per heavy atom. The lowest BCUT2D eigenvalue weighted by molar-refractivity contribution is -0.00213. The smallest absolute Gasteiger partial charge is 0.137 e. The Kier molecular flexibility index (Phi) is 3.54. The van der Waals surface area contributed by atoms with Crippen molar-refractivity contribution in [3.63, 3.8) is 0 Å². The molecule has 2 aromatic heterocycles. The molecule has 0 saturated carbocycles. The van der Waals surface area contributed by atoms with Crippen molar-refractivity contribution in [3.8, 4) is 0 Å². The maximum absolute atomic E-state index is 5.87. The van der Waals surface area contributed by atoms with E-state index in [1.807, 2.05) is 6.20 Å². The van der Waals surface area contributed by atoms with Crippen LogP contribution >= 0.6 is 27.3 Å². The number of nitrogens with zero attached hydrogens (tertiary/aromatic N) is 2. The topological polar surface area (TPSA) is 25.4 Å². The van der Waals surface area contributed by atoms with Crippen LogP contribution in [-0.4, -0.2) is 35.6 Å². The van der Waals surface area contributed by atoms with Gasteiger partial charge in [0.15, 0.2) is 0 Å². The molecule has 2 aromatic rings. The normalized spacial score (nSPS) is 24.7. The average molecular weight is 327 g/mol. The summed E-state index contributed by atoms with van der Waals surface area (Å²) in [5, 5.41) is 4.25. The predicted molar refractivity (Wildman–Crippen MR) is 80.0 cm³/mol. The van der Waals surface area contributed by atoms with Gasteiger partial charge in [-0.15, -0.1) is 11.3 Å². The zero-order valence-electron chi connectivity index (χ0n) is 10.2. The quantitative estimate of drug-likeness (QED) is 0.792. The van der Waals surface area contributed by atoms with E-state index in [9.17, 15) is 0 Å². The zero-order valence-corrected chi connectivity index (χ0v) is 12.6. The molecule has 2 unspecified atom stereocenters. The Hall–Kier alpha value is -0.650. The Morgan fingerprint density at radius 3 is 3.22 bits per heavy atom. The van der Waals surface area contributed by atoms with Crippen LogP contribution in [-0.2, 0) is 4.74 Å². The molecule has 0 spiro atoms. The van der Waals surface area contributed by atoms with E-state index in [0.717, 1.165) is 24.2 Å². The lowest BCUT2D eigenvalue weighted by atomic mass is 10.2. The molecular weight excluding hydrogens is 312 g/mol. The van der Waals surface area contributed by atoms with Crippen molar-refractivity contribution in [1.29, 1.82) is 0 Å². The number of hydrogen-bond donors (Lipinski definition) is 0. The van der Waals surface area contributed by atoms with Crippen molar-refractivity contribution in [1.82, 2.24) is 4.98 Å². The lowest BCUT2D eigenvalue weighted by Gasteiger charge is -2.37. The highest BCUT2D eigenvalue weighted by molar-refractivity contribution is 9.09. The molecule has 0 bridgehead atoms. The molecule has 1 saturated heterocycles. The van der Waals surface area contributed by atoms with Crippen molar-refractivity contribution < 1.29 is 4.74 Å². The van der Waals surface area contributed by atoms with E-state index in [2.05, 4.69) is 50.3 Å². The molecule has 3 rings (SSSR count). The molecule has 0 radical (unpaired) electrons. The molecule has 18 heavy (non-hydrogen) atoms. The Balaban J connectivity index is 1.96. The summed E-state index contributed by atoms with van der Waals surface area (Å²) in [6, 6.07) is 4.24. The van der Waals surface area contributed by atoms with Crippen molar-refractivity contribution in [2.24, 2.45) is 0 Å². The van der Waals surface area contributed by atoms with Gasteiger partial charge >= 0.3 is 0 Å². The molecule has 3 nitrogen and oxygen atoms in total. The molecule has 1 fully saturated rings. The number of ether oxygens (including phenoxy) is 1. The zero-order chi connectivity index (χ0) is 12.5. The summed E-state index contributed by atoms with van der Waals surface area (Å²) in [5.41, 5.74) is 0. The van der Waals surface area contributed by atoms with Gasteiger partial charge < -0.3 is 9.64 Å². The molecule has 1 aliphatic heterocycles. The van der Waals surface area contributed by atoms with Crippen molar-refractivity contribution in [3.05, 3.63) is 23.7 Å². The van der Waals surface area contributed by atoms with Gasteiger partial charge in [-0.2, -0.15) is 0 Å². The van der Waals surface area contributed by atoms with Crippen LogP contribution in [0.25, 0.3) is 10.1 Å². The molecule has 5 heteroatoms. The second-order valence-electron chi connectivity index (χ2n) is 4.59. The highest BCUT2D eigenvalue weighted by Gasteiger charge is 2.26. The first-order chi connectivity index (χ1) is 8.78. The minimum absolute atomic E-state index is 0.240. The van der Waals surface area contributed by atoms with Crippen LogP contribution in [0.1, 0.15) is 6.92 Å². The number of alkyl halides is 1. The predicted octanol–water partition coefficient (Wildman–Crippen LogP) is 3.28. The van der Waals surface area contributed by atoms with E-state index in [-0.39, 0.29) is 12.2 Å². The van der Waals surface area contributed by atoms with E-state index in [1.54, 1.807) is 11.3 Å². The molecule has 0 amide bonds. The van der Waals surface area contributed by atoms with Gasteiger partial charge in [-0.1, -0.05) is 15.9 Å². The standard InChI is InChI=1S/C13H15BrN2OS/c1-9-7-16(8-10(6-14)17-9)13-11-3-5-18-12(11)2-4-15-13/h2-5,9-10H,6-8H2,1H3. The van der Waals surface area contributed by atoms with Crippen LogP contribution in [0.3, 0.4) is 0 Å². The maximum Gasteiger partial charge on any atom is 0.137 e. The Morgan fingerprint density at radius 1 is 1.50 bits per heavy atom. The number of fused-ring (bicyclic) bond motifs is 1. The van der Waals surface area contributed by atoms with E-state index >= 15 is 0 Å². The van der Waals surface area contributed by atoms with E-state index in [4.69, 9.17) is 4.74 Å². The van der Waals surface area contributed by atoms with Crippen molar-refractivity contribution >= 4 is 43.2 Å². The van der Waals surface area contributed by atoms with Crippen LogP contribution in [0.15, 0.2) is 23.7 Å². The molecule has 0 N–H and O–H groups in total. The highest BCUT2D eigenvalue weighted by Crippen LogP contribution is 2.30. The van der Waals surface area contributed by atoms with Crippen LogP contribution in [0.5, 0.6) is 0 Å². The minimum atomic E-state index is 0.240. The SMILES string of the molecule is CC1CN(c2nccc3sccc23)CC(CBr)O1. The second-order valence-corrected chi connectivity index (χ2v) is 6.19. The van der Waals surface area contributed by atoms with E-state index in [0.29, 0.717) is 0 Å². The van der Waals surface area contributed by atoms with Gasteiger partial charge in [-0.05, 0) is 24.4 Å². The fourth-order valence-corrected chi connectivity index (χ4v) is 3.57. The van der Waals surface area contributed by atoms with Crippen molar-refractivity contribution in [2.75, 3.05) is 23.3 Å². The fraction of sp³-hybridized carbons (Fsp3) is 0.462. The summed E-state index contributed by atoms with van der Waals surface area (Å²) in [6.45, 7) is 3.93. The number of halogens is 1. The van der Waals surface area contributed by atoms with E-state index in [1.165, 1.54) is 10.1 Å². The third-order valence-corrected chi connectivity index (χ3v) is 4.76. The van der Waals surface area contributed by atoms with Crippen LogP contribution in [0, 0.1) is 0 Å². The minimum Gasteiger partial charge on any atom is -0.371 e. The number of thiophene rings is 1. The Labute approximate surface area is 119 Å². The van der Waals surface area contributed by atoms with Crippen LogP contribution in [0.2, 0.25) is 0 Å². The molecule has 2 atom stereocenters. The number of rotatable bonds is 2. The van der Waals surface area contributed by atoms with Gasteiger partial charge in [0.2, 0.25) is 0 Å². The van der Waals surface area contributed by atoms with Gasteiger partial charge in [0.25, 0.3) is 0 Å². The van der Waals surface area contributed by atoms with Gasteiger partial charge in [-0.25, -0.2) is 4.98 Å². The summed E-state index contributed by atoms with van der Waals surface area (Å²) >= 11 is 5.28. The number of anilines is 1. The third-order valence-electron chi connectivity index (χ3n) is 3.16. The molecule has 96 valence electrons. The average Bonchev–Trinajstić information content (AvgIpc) is 2.85. The summed E-state index contributed by atoms with van der Waals surface area (Å²) < 4.78 is 7.17. The van der Waals surface area contributed by atoms with E-state index < -0.39 is 0 Å². The summed E-state index contributed by atoms with van der Waals surface area (Å²) in [6.07, 6.45) is 2.39. The van der Waals surface area contributed by atoms with Gasteiger partial charge in [0.1, 0.15) is 5.82 Å². The number of hydrogen-bond acceptors (Lipinski definition) is 4. The fourth-order valence-electron chi connectivity index (χ4n) is 2.44. The largest absolute Gasteiger partial charge is 0.371 e. The Bertz CT molecular complexity index is 545. The summed E-state index contributed by atoms with van der Waals surface area (Å²) in [5.74, 6) is 1.09.